The molecule has 0 aromatic heterocycles. The fraction of sp³-hybridized carbons (Fsp3) is 0.950. The maximum Gasteiger partial charge on any atom is 0.242 e. The van der Waals surface area contributed by atoms with Crippen molar-refractivity contribution in [2.75, 3.05) is 13.1 Å². The van der Waals surface area contributed by atoms with Gasteiger partial charge in [0.05, 0.1) is 5.54 Å². The van der Waals surface area contributed by atoms with E-state index in [-0.39, 0.29) is 5.54 Å². The van der Waals surface area contributed by atoms with Crippen molar-refractivity contribution >= 4 is 5.91 Å². The molecule has 0 aromatic carbocycles. The number of nitrogens with one attached hydrogen (secondary N) is 2. The first-order valence-electron chi connectivity index (χ1n) is 10.2. The number of piperazine rings is 1. The van der Waals surface area contributed by atoms with E-state index in [9.17, 15) is 4.79 Å². The van der Waals surface area contributed by atoms with E-state index < -0.39 is 5.54 Å². The van der Waals surface area contributed by atoms with Crippen LogP contribution in [-0.4, -0.2) is 47.1 Å². The van der Waals surface area contributed by atoms with Gasteiger partial charge in [0.1, 0.15) is 0 Å². The number of rotatable bonds is 4. The maximum atomic E-state index is 13.0. The normalized spacial score (nSPS) is 33.0. The van der Waals surface area contributed by atoms with Gasteiger partial charge in [-0.2, -0.15) is 0 Å². The Morgan fingerprint density at radius 3 is 2.21 bits per heavy atom. The van der Waals surface area contributed by atoms with E-state index in [1.54, 1.807) is 0 Å². The van der Waals surface area contributed by atoms with Gasteiger partial charge < -0.3 is 10.2 Å². The highest BCUT2D eigenvalue weighted by molar-refractivity contribution is 5.87. The van der Waals surface area contributed by atoms with Crippen molar-refractivity contribution in [1.82, 2.24) is 15.5 Å². The lowest BCUT2D eigenvalue weighted by molar-refractivity contribution is -0.147. The van der Waals surface area contributed by atoms with Crippen molar-refractivity contribution in [3.63, 3.8) is 0 Å². The van der Waals surface area contributed by atoms with Crippen LogP contribution >= 0.6 is 0 Å². The topological polar surface area (TPSA) is 44.4 Å². The molecule has 2 aliphatic carbocycles. The first-order valence-corrected chi connectivity index (χ1v) is 10.2. The third-order valence-electron chi connectivity index (χ3n) is 6.33. The molecule has 0 radical (unpaired) electrons. The lowest BCUT2D eigenvalue weighted by Gasteiger charge is -2.52. The summed E-state index contributed by atoms with van der Waals surface area (Å²) in [6.07, 6.45) is 13.0. The van der Waals surface area contributed by atoms with Crippen LogP contribution in [0.25, 0.3) is 0 Å². The summed E-state index contributed by atoms with van der Waals surface area (Å²) >= 11 is 0. The summed E-state index contributed by atoms with van der Waals surface area (Å²) < 4.78 is 0. The van der Waals surface area contributed by atoms with Crippen LogP contribution in [0.3, 0.4) is 0 Å². The van der Waals surface area contributed by atoms with Crippen molar-refractivity contribution in [2.24, 2.45) is 0 Å². The van der Waals surface area contributed by atoms with E-state index in [4.69, 9.17) is 0 Å². The molecule has 24 heavy (non-hydrogen) atoms. The van der Waals surface area contributed by atoms with Crippen molar-refractivity contribution < 1.29 is 4.79 Å². The molecule has 0 spiro atoms. The zero-order valence-corrected chi connectivity index (χ0v) is 16.0. The first kappa shape index (κ1) is 18.2. The minimum atomic E-state index is -0.460. The van der Waals surface area contributed by atoms with Crippen molar-refractivity contribution in [2.45, 2.75) is 108 Å². The van der Waals surface area contributed by atoms with E-state index in [0.29, 0.717) is 18.0 Å². The SMILES string of the molecule is CC1(CNC2CCCCC2)CN(C2CCCCC2)C(=O)C(C)(C)N1. The van der Waals surface area contributed by atoms with Crippen LogP contribution in [-0.2, 0) is 4.79 Å². The Balaban J connectivity index is 1.66. The zero-order valence-electron chi connectivity index (χ0n) is 16.0. The fourth-order valence-electron chi connectivity index (χ4n) is 5.12. The quantitative estimate of drug-likeness (QED) is 0.829. The van der Waals surface area contributed by atoms with Crippen LogP contribution in [0.15, 0.2) is 0 Å². The van der Waals surface area contributed by atoms with Crippen LogP contribution in [0.5, 0.6) is 0 Å². The monoisotopic (exact) mass is 335 g/mol. The molecule has 3 fully saturated rings. The molecule has 3 aliphatic rings. The van der Waals surface area contributed by atoms with Gasteiger partial charge in [-0.1, -0.05) is 38.5 Å². The van der Waals surface area contributed by atoms with E-state index in [0.717, 1.165) is 13.1 Å². The molecule has 1 unspecified atom stereocenters. The minimum absolute atomic E-state index is 0.0354. The molecule has 0 bridgehead atoms. The first-order chi connectivity index (χ1) is 11.4. The maximum absolute atomic E-state index is 13.0. The smallest absolute Gasteiger partial charge is 0.242 e. The second kappa shape index (κ2) is 7.33. The second-order valence-corrected chi connectivity index (χ2v) is 9.25. The van der Waals surface area contributed by atoms with E-state index in [2.05, 4.69) is 36.3 Å². The Kier molecular flexibility index (Phi) is 5.55. The Hall–Kier alpha value is -0.610. The summed E-state index contributed by atoms with van der Waals surface area (Å²) in [6.45, 7) is 8.22. The molecule has 1 atom stereocenters. The summed E-state index contributed by atoms with van der Waals surface area (Å²) in [7, 11) is 0. The van der Waals surface area contributed by atoms with Crippen LogP contribution in [0.4, 0.5) is 0 Å². The van der Waals surface area contributed by atoms with Gasteiger partial charge in [0.25, 0.3) is 0 Å². The molecule has 4 nitrogen and oxygen atoms in total. The number of hydrogen-bond acceptors (Lipinski definition) is 3. The fourth-order valence-corrected chi connectivity index (χ4v) is 5.12. The highest BCUT2D eigenvalue weighted by Crippen LogP contribution is 2.30. The molecule has 0 aromatic rings. The number of hydrogen-bond donors (Lipinski definition) is 2. The predicted octanol–water partition coefficient (Wildman–Crippen LogP) is 3.21. The molecule has 1 saturated heterocycles. The van der Waals surface area contributed by atoms with Gasteiger partial charge in [-0.25, -0.2) is 0 Å². The van der Waals surface area contributed by atoms with Gasteiger partial charge in [-0.05, 0) is 46.5 Å². The summed E-state index contributed by atoms with van der Waals surface area (Å²) in [5, 5.41) is 7.48. The van der Waals surface area contributed by atoms with Crippen molar-refractivity contribution in [1.29, 1.82) is 0 Å². The van der Waals surface area contributed by atoms with E-state index in [1.807, 2.05) is 0 Å². The number of nitrogens with zero attached hydrogens (tertiary/aromatic N) is 1. The van der Waals surface area contributed by atoms with Crippen LogP contribution in [0.2, 0.25) is 0 Å². The van der Waals surface area contributed by atoms with Crippen LogP contribution in [0, 0.1) is 0 Å². The average molecular weight is 336 g/mol. The van der Waals surface area contributed by atoms with Crippen molar-refractivity contribution in [3.05, 3.63) is 0 Å². The minimum Gasteiger partial charge on any atom is -0.336 e. The number of carbonyl (C=O) groups excluding carboxylic acids is 1. The predicted molar refractivity (Wildman–Crippen MR) is 99.1 cm³/mol. The molecule has 2 saturated carbocycles. The lowest BCUT2D eigenvalue weighted by atomic mass is 9.84. The summed E-state index contributed by atoms with van der Waals surface area (Å²) in [6, 6.07) is 1.13. The molecule has 138 valence electrons. The van der Waals surface area contributed by atoms with Crippen molar-refractivity contribution in [3.8, 4) is 0 Å². The average Bonchev–Trinajstić information content (AvgIpc) is 2.58. The Morgan fingerprint density at radius 1 is 1.00 bits per heavy atom. The summed E-state index contributed by atoms with van der Waals surface area (Å²) in [5.41, 5.74) is -0.495. The molecule has 4 heteroatoms. The van der Waals surface area contributed by atoms with Gasteiger partial charge in [0.2, 0.25) is 5.91 Å². The number of carbonyl (C=O) groups is 1. The highest BCUT2D eigenvalue weighted by Gasteiger charge is 2.47. The summed E-state index contributed by atoms with van der Waals surface area (Å²) in [5.74, 6) is 0.296. The second-order valence-electron chi connectivity index (χ2n) is 9.25. The molecular formula is C20H37N3O. The Bertz CT molecular complexity index is 438. The third kappa shape index (κ3) is 4.13. The Labute approximate surface area is 148 Å². The third-order valence-corrected chi connectivity index (χ3v) is 6.33. The van der Waals surface area contributed by atoms with E-state index in [1.165, 1.54) is 64.2 Å². The van der Waals surface area contributed by atoms with Crippen LogP contribution in [0.1, 0.15) is 85.0 Å². The summed E-state index contributed by atoms with van der Waals surface area (Å²) in [4.78, 5) is 15.2. The lowest BCUT2D eigenvalue weighted by Crippen LogP contribution is -2.74. The molecule has 1 aliphatic heterocycles. The Morgan fingerprint density at radius 2 is 1.58 bits per heavy atom. The molecule has 1 heterocycles. The van der Waals surface area contributed by atoms with Gasteiger partial charge in [0.15, 0.2) is 0 Å². The van der Waals surface area contributed by atoms with Gasteiger partial charge >= 0.3 is 0 Å². The standard InChI is InChI=1S/C20H37N3O/c1-19(2)18(24)23(17-12-8-5-9-13-17)15-20(3,22-19)14-21-16-10-6-4-7-11-16/h16-17,21-22H,4-15H2,1-3H3. The molecular weight excluding hydrogens is 298 g/mol. The number of amides is 1. The highest BCUT2D eigenvalue weighted by atomic mass is 16.2. The van der Waals surface area contributed by atoms with Crippen LogP contribution < -0.4 is 10.6 Å². The molecule has 1 amide bonds. The molecule has 3 rings (SSSR count). The van der Waals surface area contributed by atoms with Gasteiger partial charge in [-0.3, -0.25) is 10.1 Å². The van der Waals surface area contributed by atoms with Gasteiger partial charge in [0, 0.05) is 30.7 Å². The largest absolute Gasteiger partial charge is 0.336 e. The van der Waals surface area contributed by atoms with Gasteiger partial charge in [-0.15, -0.1) is 0 Å². The zero-order chi connectivity index (χ0) is 17.2. The van der Waals surface area contributed by atoms with E-state index >= 15 is 0 Å². The molecule has 2 N–H and O–H groups in total.